The second-order valence-corrected chi connectivity index (χ2v) is 7.47. The molecule has 2 heterocycles. The van der Waals surface area contributed by atoms with Gasteiger partial charge in [0.05, 0.1) is 0 Å². The monoisotopic (exact) mass is 367 g/mol. The molecule has 0 unspecified atom stereocenters. The van der Waals surface area contributed by atoms with Crippen LogP contribution in [-0.2, 0) is 0 Å². The van der Waals surface area contributed by atoms with E-state index in [0.29, 0.717) is 0 Å². The molecule has 0 aliphatic carbocycles. The first kappa shape index (κ1) is 19.5. The Morgan fingerprint density at radius 1 is 0.889 bits per heavy atom. The quantitative estimate of drug-likeness (QED) is 0.738. The van der Waals surface area contributed by atoms with E-state index >= 15 is 0 Å². The van der Waals surface area contributed by atoms with Crippen molar-refractivity contribution in [3.63, 3.8) is 0 Å². The van der Waals surface area contributed by atoms with Crippen LogP contribution in [0.2, 0.25) is 0 Å². The second-order valence-electron chi connectivity index (χ2n) is 7.47. The smallest absolute Gasteiger partial charge is 0.227 e. The fraction of sp³-hybridized carbons (Fsp3) is 0.545. The van der Waals surface area contributed by atoms with Gasteiger partial charge in [0.1, 0.15) is 5.82 Å². The van der Waals surface area contributed by atoms with E-state index in [2.05, 4.69) is 72.7 Å². The highest BCUT2D eigenvalue weighted by Crippen LogP contribution is 2.22. The normalized spacial score (nSPS) is 14.5. The van der Waals surface area contributed by atoms with Gasteiger partial charge >= 0.3 is 0 Å². The molecule has 0 amide bonds. The Morgan fingerprint density at radius 3 is 2.19 bits per heavy atom. The molecular formula is C22H33N5. The van der Waals surface area contributed by atoms with Gasteiger partial charge in [-0.15, -0.1) is 0 Å². The molecule has 3 rings (SSSR count). The van der Waals surface area contributed by atoms with Crippen LogP contribution in [0.4, 0.5) is 17.5 Å². The number of piperazine rings is 1. The van der Waals surface area contributed by atoms with E-state index in [1.54, 1.807) is 0 Å². The Morgan fingerprint density at radius 2 is 1.56 bits per heavy atom. The lowest BCUT2D eigenvalue weighted by atomic mass is 10.2. The van der Waals surface area contributed by atoms with Gasteiger partial charge in [-0.3, -0.25) is 0 Å². The van der Waals surface area contributed by atoms with Crippen LogP contribution in [0.3, 0.4) is 0 Å². The molecule has 0 spiro atoms. The van der Waals surface area contributed by atoms with E-state index in [-0.39, 0.29) is 0 Å². The van der Waals surface area contributed by atoms with Crippen LogP contribution >= 0.6 is 0 Å². The van der Waals surface area contributed by atoms with Crippen molar-refractivity contribution in [2.75, 3.05) is 54.0 Å². The fourth-order valence-corrected chi connectivity index (χ4v) is 3.71. The highest BCUT2D eigenvalue weighted by atomic mass is 15.3. The largest absolute Gasteiger partial charge is 0.368 e. The molecule has 27 heavy (non-hydrogen) atoms. The van der Waals surface area contributed by atoms with Crippen LogP contribution in [0.25, 0.3) is 0 Å². The molecule has 5 nitrogen and oxygen atoms in total. The number of rotatable bonds is 7. The zero-order chi connectivity index (χ0) is 19.2. The highest BCUT2D eigenvalue weighted by molar-refractivity contribution is 5.51. The average Bonchev–Trinajstić information content (AvgIpc) is 2.67. The molecule has 1 aromatic heterocycles. The maximum atomic E-state index is 4.93. The maximum absolute atomic E-state index is 4.93. The Labute approximate surface area is 164 Å². The SMILES string of the molecule is CCCN(CCC)c1cc(C)nc(N2CCN(c3cccc(C)c3)CC2)n1. The molecule has 0 N–H and O–H groups in total. The number of hydrogen-bond acceptors (Lipinski definition) is 5. The van der Waals surface area contributed by atoms with Gasteiger partial charge in [0.15, 0.2) is 0 Å². The molecule has 0 saturated carbocycles. The van der Waals surface area contributed by atoms with Crippen molar-refractivity contribution in [3.05, 3.63) is 41.6 Å². The van der Waals surface area contributed by atoms with Gasteiger partial charge in [-0.05, 0) is 44.4 Å². The molecule has 1 aliphatic heterocycles. The number of nitrogens with zero attached hydrogens (tertiary/aromatic N) is 5. The molecule has 1 fully saturated rings. The molecule has 146 valence electrons. The van der Waals surface area contributed by atoms with Gasteiger partial charge in [0.25, 0.3) is 0 Å². The third kappa shape index (κ3) is 4.90. The van der Waals surface area contributed by atoms with Gasteiger partial charge < -0.3 is 14.7 Å². The summed E-state index contributed by atoms with van der Waals surface area (Å²) < 4.78 is 0. The summed E-state index contributed by atoms with van der Waals surface area (Å²) >= 11 is 0. The summed E-state index contributed by atoms with van der Waals surface area (Å²) in [6.45, 7) is 14.7. The predicted molar refractivity (Wildman–Crippen MR) is 115 cm³/mol. The molecule has 1 aromatic carbocycles. The number of hydrogen-bond donors (Lipinski definition) is 0. The third-order valence-electron chi connectivity index (χ3n) is 5.07. The first-order chi connectivity index (χ1) is 13.1. The van der Waals surface area contributed by atoms with Gasteiger partial charge in [-0.2, -0.15) is 4.98 Å². The summed E-state index contributed by atoms with van der Waals surface area (Å²) in [7, 11) is 0. The minimum absolute atomic E-state index is 0.881. The topological polar surface area (TPSA) is 35.5 Å². The lowest BCUT2D eigenvalue weighted by Gasteiger charge is -2.36. The Balaban J connectivity index is 1.72. The lowest BCUT2D eigenvalue weighted by Crippen LogP contribution is -2.47. The Kier molecular flexibility index (Phi) is 6.54. The number of anilines is 3. The summed E-state index contributed by atoms with van der Waals surface area (Å²) in [6.07, 6.45) is 2.26. The van der Waals surface area contributed by atoms with E-state index in [9.17, 15) is 0 Å². The van der Waals surface area contributed by atoms with Crippen LogP contribution in [0.5, 0.6) is 0 Å². The van der Waals surface area contributed by atoms with Crippen LogP contribution in [0.1, 0.15) is 37.9 Å². The summed E-state index contributed by atoms with van der Waals surface area (Å²) in [5.41, 5.74) is 3.68. The van der Waals surface area contributed by atoms with E-state index in [0.717, 1.165) is 69.6 Å². The average molecular weight is 368 g/mol. The summed E-state index contributed by atoms with van der Waals surface area (Å²) in [6, 6.07) is 10.9. The minimum Gasteiger partial charge on any atom is -0.368 e. The molecule has 1 saturated heterocycles. The first-order valence-corrected chi connectivity index (χ1v) is 10.3. The van der Waals surface area contributed by atoms with E-state index in [1.807, 2.05) is 0 Å². The number of aromatic nitrogens is 2. The third-order valence-corrected chi connectivity index (χ3v) is 5.07. The summed E-state index contributed by atoms with van der Waals surface area (Å²) in [5, 5.41) is 0. The lowest BCUT2D eigenvalue weighted by molar-refractivity contribution is 0.637. The van der Waals surface area contributed by atoms with E-state index < -0.39 is 0 Å². The van der Waals surface area contributed by atoms with Crippen LogP contribution in [-0.4, -0.2) is 49.2 Å². The van der Waals surface area contributed by atoms with Crippen LogP contribution < -0.4 is 14.7 Å². The van der Waals surface area contributed by atoms with Gasteiger partial charge in [-0.25, -0.2) is 4.98 Å². The van der Waals surface area contributed by atoms with Crippen molar-refractivity contribution in [1.29, 1.82) is 0 Å². The standard InChI is InChI=1S/C22H33N5/c1-5-10-26(11-6-2)21-17-19(4)23-22(24-21)27-14-12-25(13-15-27)20-9-7-8-18(3)16-20/h7-9,16-17H,5-6,10-15H2,1-4H3. The predicted octanol–water partition coefficient (Wildman–Crippen LogP) is 4.05. The Bertz CT molecular complexity index is 731. The molecule has 2 aromatic rings. The minimum atomic E-state index is 0.881. The van der Waals surface area contributed by atoms with Crippen molar-refractivity contribution in [2.45, 2.75) is 40.5 Å². The first-order valence-electron chi connectivity index (χ1n) is 10.3. The highest BCUT2D eigenvalue weighted by Gasteiger charge is 2.21. The molecule has 0 radical (unpaired) electrons. The summed E-state index contributed by atoms with van der Waals surface area (Å²) in [5.74, 6) is 1.95. The van der Waals surface area contributed by atoms with E-state index in [4.69, 9.17) is 9.97 Å². The maximum Gasteiger partial charge on any atom is 0.227 e. The molecule has 0 bridgehead atoms. The number of benzene rings is 1. The van der Waals surface area contributed by atoms with Gasteiger partial charge in [0.2, 0.25) is 5.95 Å². The van der Waals surface area contributed by atoms with Crippen LogP contribution in [0.15, 0.2) is 30.3 Å². The molecule has 5 heteroatoms. The van der Waals surface area contributed by atoms with Crippen molar-refractivity contribution in [1.82, 2.24) is 9.97 Å². The molecule has 0 atom stereocenters. The second kappa shape index (κ2) is 9.07. The van der Waals surface area contributed by atoms with Gasteiger partial charge in [-0.1, -0.05) is 26.0 Å². The zero-order valence-corrected chi connectivity index (χ0v) is 17.3. The fourth-order valence-electron chi connectivity index (χ4n) is 3.71. The van der Waals surface area contributed by atoms with Crippen molar-refractivity contribution in [2.24, 2.45) is 0 Å². The van der Waals surface area contributed by atoms with Crippen molar-refractivity contribution in [3.8, 4) is 0 Å². The van der Waals surface area contributed by atoms with Crippen molar-refractivity contribution >= 4 is 17.5 Å². The Hall–Kier alpha value is -2.30. The zero-order valence-electron chi connectivity index (χ0n) is 17.3. The van der Waals surface area contributed by atoms with E-state index in [1.165, 1.54) is 11.3 Å². The summed E-state index contributed by atoms with van der Waals surface area (Å²) in [4.78, 5) is 16.9. The molecular weight excluding hydrogens is 334 g/mol. The number of aryl methyl sites for hydroxylation is 2. The van der Waals surface area contributed by atoms with Gasteiger partial charge in [0, 0.05) is 56.7 Å². The van der Waals surface area contributed by atoms with Crippen LogP contribution in [0, 0.1) is 13.8 Å². The molecule has 1 aliphatic rings. The van der Waals surface area contributed by atoms with Crippen molar-refractivity contribution < 1.29 is 0 Å².